The lowest BCUT2D eigenvalue weighted by atomic mass is 9.74. The van der Waals surface area contributed by atoms with Crippen molar-refractivity contribution in [2.24, 2.45) is 4.99 Å². The molecule has 19 heavy (non-hydrogen) atoms. The standard InChI is InChI=1S/C17H15NO/c19-14-5-6-16-15-4-2-1-3-11(15)7-12-9-18-10-13(8-14)17(12)16/h1-4,8,10,16H,5-7,9H2. The number of rotatable bonds is 0. The fraction of sp³-hybridized carbons (Fsp3) is 0.294. The highest BCUT2D eigenvalue weighted by molar-refractivity contribution is 6.00. The first kappa shape index (κ1) is 10.9. The van der Waals surface area contributed by atoms with Crippen LogP contribution in [-0.4, -0.2) is 18.5 Å². The Hall–Kier alpha value is -1.96. The van der Waals surface area contributed by atoms with Gasteiger partial charge in [-0.05, 0) is 46.8 Å². The first-order chi connectivity index (χ1) is 9.33. The second kappa shape index (κ2) is 4.02. The molecule has 1 aromatic carbocycles. The van der Waals surface area contributed by atoms with Crippen LogP contribution in [0.15, 0.2) is 52.1 Å². The number of benzene rings is 1. The summed E-state index contributed by atoms with van der Waals surface area (Å²) in [7, 11) is 0. The van der Waals surface area contributed by atoms with Crippen molar-refractivity contribution in [2.75, 3.05) is 6.54 Å². The number of hydrogen-bond donors (Lipinski definition) is 0. The molecule has 3 aliphatic rings. The highest BCUT2D eigenvalue weighted by Crippen LogP contribution is 2.44. The molecule has 0 bridgehead atoms. The van der Waals surface area contributed by atoms with Gasteiger partial charge >= 0.3 is 0 Å². The Morgan fingerprint density at radius 3 is 3.05 bits per heavy atom. The Balaban J connectivity index is 1.93. The summed E-state index contributed by atoms with van der Waals surface area (Å²) < 4.78 is 0. The van der Waals surface area contributed by atoms with Crippen LogP contribution in [-0.2, 0) is 11.2 Å². The minimum atomic E-state index is 0.238. The number of carbonyl (C=O) groups excluding carboxylic acids is 1. The first-order valence-corrected chi connectivity index (χ1v) is 6.87. The van der Waals surface area contributed by atoms with Crippen LogP contribution >= 0.6 is 0 Å². The monoisotopic (exact) mass is 249 g/mol. The number of allylic oxidation sites excluding steroid dienone is 3. The Morgan fingerprint density at radius 2 is 2.11 bits per heavy atom. The summed E-state index contributed by atoms with van der Waals surface area (Å²) >= 11 is 0. The summed E-state index contributed by atoms with van der Waals surface area (Å²) in [5, 5.41) is 0. The highest BCUT2D eigenvalue weighted by atomic mass is 16.1. The van der Waals surface area contributed by atoms with Gasteiger partial charge < -0.3 is 0 Å². The second-order valence-electron chi connectivity index (χ2n) is 5.52. The smallest absolute Gasteiger partial charge is 0.156 e. The van der Waals surface area contributed by atoms with E-state index in [0.29, 0.717) is 12.3 Å². The summed E-state index contributed by atoms with van der Waals surface area (Å²) in [6.07, 6.45) is 6.26. The molecule has 0 N–H and O–H groups in total. The van der Waals surface area contributed by atoms with Crippen molar-refractivity contribution in [2.45, 2.75) is 25.2 Å². The van der Waals surface area contributed by atoms with Crippen LogP contribution in [0.3, 0.4) is 0 Å². The van der Waals surface area contributed by atoms with E-state index in [-0.39, 0.29) is 5.78 Å². The van der Waals surface area contributed by atoms with E-state index in [4.69, 9.17) is 0 Å². The minimum Gasteiger partial charge on any atom is -0.295 e. The molecule has 2 aliphatic carbocycles. The van der Waals surface area contributed by atoms with Crippen LogP contribution in [0.25, 0.3) is 0 Å². The number of fused-ring (bicyclic) bond motifs is 2. The minimum absolute atomic E-state index is 0.238. The van der Waals surface area contributed by atoms with Gasteiger partial charge in [0.05, 0.1) is 6.54 Å². The van der Waals surface area contributed by atoms with Gasteiger partial charge in [0.25, 0.3) is 0 Å². The van der Waals surface area contributed by atoms with E-state index in [2.05, 4.69) is 29.3 Å². The Bertz CT molecular complexity index is 664. The van der Waals surface area contributed by atoms with Crippen molar-refractivity contribution in [3.05, 3.63) is 58.2 Å². The topological polar surface area (TPSA) is 29.4 Å². The number of ketones is 1. The lowest BCUT2D eigenvalue weighted by Gasteiger charge is -2.32. The molecule has 0 amide bonds. The molecule has 94 valence electrons. The Kier molecular flexibility index (Phi) is 2.31. The number of dihydropyridines is 1. The molecule has 1 heterocycles. The average molecular weight is 249 g/mol. The van der Waals surface area contributed by atoms with E-state index in [9.17, 15) is 4.79 Å². The lowest BCUT2D eigenvalue weighted by Crippen LogP contribution is -2.20. The summed E-state index contributed by atoms with van der Waals surface area (Å²) in [5.74, 6) is 0.631. The van der Waals surface area contributed by atoms with E-state index in [1.54, 1.807) is 6.08 Å². The van der Waals surface area contributed by atoms with Gasteiger partial charge in [-0.3, -0.25) is 9.79 Å². The number of aliphatic imine (C=N–C) groups is 1. The van der Waals surface area contributed by atoms with Gasteiger partial charge in [0, 0.05) is 18.6 Å². The average Bonchev–Trinajstić information content (AvgIpc) is 2.60. The van der Waals surface area contributed by atoms with Gasteiger partial charge in [0.1, 0.15) is 0 Å². The third-order valence-electron chi connectivity index (χ3n) is 4.38. The van der Waals surface area contributed by atoms with Crippen molar-refractivity contribution in [3.63, 3.8) is 0 Å². The maximum atomic E-state index is 11.9. The molecule has 0 fully saturated rings. The molecule has 1 aliphatic heterocycles. The van der Waals surface area contributed by atoms with E-state index >= 15 is 0 Å². The molecule has 1 unspecified atom stereocenters. The van der Waals surface area contributed by atoms with Gasteiger partial charge in [-0.25, -0.2) is 0 Å². The lowest BCUT2D eigenvalue weighted by molar-refractivity contribution is -0.114. The predicted molar refractivity (Wildman–Crippen MR) is 75.6 cm³/mol. The zero-order valence-electron chi connectivity index (χ0n) is 10.7. The Labute approximate surface area is 112 Å². The summed E-state index contributed by atoms with van der Waals surface area (Å²) in [4.78, 5) is 16.3. The fourth-order valence-corrected chi connectivity index (χ4v) is 3.58. The zero-order chi connectivity index (χ0) is 12.8. The van der Waals surface area contributed by atoms with Gasteiger partial charge in [-0.2, -0.15) is 0 Å². The molecule has 1 atom stereocenters. The molecule has 1 aromatic rings. The first-order valence-electron chi connectivity index (χ1n) is 6.87. The molecular formula is C17H15NO. The van der Waals surface area contributed by atoms with Gasteiger partial charge in [-0.15, -0.1) is 0 Å². The fourth-order valence-electron chi connectivity index (χ4n) is 3.58. The van der Waals surface area contributed by atoms with Crippen molar-refractivity contribution >= 4 is 12.0 Å². The van der Waals surface area contributed by atoms with Gasteiger partial charge in [0.15, 0.2) is 5.78 Å². The van der Waals surface area contributed by atoms with Crippen molar-refractivity contribution in [1.29, 1.82) is 0 Å². The van der Waals surface area contributed by atoms with Crippen LogP contribution in [0.2, 0.25) is 0 Å². The summed E-state index contributed by atoms with van der Waals surface area (Å²) in [5.41, 5.74) is 6.68. The number of nitrogens with zero attached hydrogens (tertiary/aromatic N) is 1. The summed E-state index contributed by atoms with van der Waals surface area (Å²) in [6, 6.07) is 8.66. The molecule has 0 aromatic heterocycles. The van der Waals surface area contributed by atoms with Crippen LogP contribution in [0.1, 0.15) is 29.9 Å². The van der Waals surface area contributed by atoms with Crippen LogP contribution in [0.4, 0.5) is 0 Å². The normalized spacial score (nSPS) is 24.5. The van der Waals surface area contributed by atoms with Gasteiger partial charge in [-0.1, -0.05) is 24.3 Å². The summed E-state index contributed by atoms with van der Waals surface area (Å²) in [6.45, 7) is 0.797. The van der Waals surface area contributed by atoms with Crippen molar-refractivity contribution in [3.8, 4) is 0 Å². The van der Waals surface area contributed by atoms with Gasteiger partial charge in [0.2, 0.25) is 0 Å². The van der Waals surface area contributed by atoms with Crippen LogP contribution in [0.5, 0.6) is 0 Å². The molecule has 2 heteroatoms. The Morgan fingerprint density at radius 1 is 1.21 bits per heavy atom. The number of carbonyl (C=O) groups is 1. The van der Waals surface area contributed by atoms with E-state index in [1.165, 1.54) is 22.3 Å². The van der Waals surface area contributed by atoms with Crippen molar-refractivity contribution in [1.82, 2.24) is 0 Å². The maximum absolute atomic E-state index is 11.9. The molecule has 2 nitrogen and oxygen atoms in total. The molecule has 0 saturated carbocycles. The van der Waals surface area contributed by atoms with Crippen molar-refractivity contribution < 1.29 is 4.79 Å². The highest BCUT2D eigenvalue weighted by Gasteiger charge is 2.32. The van der Waals surface area contributed by atoms with E-state index < -0.39 is 0 Å². The molecule has 0 radical (unpaired) electrons. The molecule has 4 rings (SSSR count). The second-order valence-corrected chi connectivity index (χ2v) is 5.52. The van der Waals surface area contributed by atoms with E-state index in [1.807, 2.05) is 6.21 Å². The maximum Gasteiger partial charge on any atom is 0.156 e. The molecule has 0 spiro atoms. The zero-order valence-corrected chi connectivity index (χ0v) is 10.7. The SMILES string of the molecule is O=C1C=C2C=NCC3=C2C(CC1)c1ccccc1C3. The third kappa shape index (κ3) is 1.63. The van der Waals surface area contributed by atoms with Crippen LogP contribution < -0.4 is 0 Å². The molecular weight excluding hydrogens is 234 g/mol. The van der Waals surface area contributed by atoms with E-state index in [0.717, 1.165) is 25.0 Å². The number of hydrogen-bond acceptors (Lipinski definition) is 2. The third-order valence-corrected chi connectivity index (χ3v) is 4.38. The quantitative estimate of drug-likeness (QED) is 0.695. The van der Waals surface area contributed by atoms with Crippen LogP contribution in [0, 0.1) is 0 Å². The largest absolute Gasteiger partial charge is 0.295 e. The predicted octanol–water partition coefficient (Wildman–Crippen LogP) is 3.00. The molecule has 0 saturated heterocycles.